The van der Waals surface area contributed by atoms with Crippen molar-refractivity contribution in [3.05, 3.63) is 21.9 Å². The van der Waals surface area contributed by atoms with Crippen molar-refractivity contribution < 1.29 is 19.4 Å². The van der Waals surface area contributed by atoms with Gasteiger partial charge in [0.15, 0.2) is 0 Å². The highest BCUT2D eigenvalue weighted by atomic mass is 32.1. The van der Waals surface area contributed by atoms with Crippen LogP contribution in [0.5, 0.6) is 0 Å². The van der Waals surface area contributed by atoms with Gasteiger partial charge in [0.25, 0.3) is 5.91 Å². The van der Waals surface area contributed by atoms with Gasteiger partial charge in [-0.3, -0.25) is 4.79 Å². The summed E-state index contributed by atoms with van der Waals surface area (Å²) in [6.45, 7) is 3.58. The van der Waals surface area contributed by atoms with E-state index in [1.165, 1.54) is 11.3 Å². The second kappa shape index (κ2) is 8.35. The summed E-state index contributed by atoms with van der Waals surface area (Å²) in [7, 11) is 0. The smallest absolute Gasteiger partial charge is 0.328 e. The van der Waals surface area contributed by atoms with Crippen molar-refractivity contribution in [1.82, 2.24) is 5.32 Å². The summed E-state index contributed by atoms with van der Waals surface area (Å²) in [6, 6.07) is 2.70. The first-order valence-electron chi connectivity index (χ1n) is 6.25. The third-order valence-corrected chi connectivity index (χ3v) is 3.27. The number of aliphatic hydroxyl groups excluding tert-OH is 1. The Hall–Kier alpha value is -1.84. The van der Waals surface area contributed by atoms with E-state index in [1.54, 1.807) is 26.0 Å². The van der Waals surface area contributed by atoms with Crippen LogP contribution in [0.4, 0.5) is 0 Å². The van der Waals surface area contributed by atoms with E-state index in [-0.39, 0.29) is 19.1 Å². The first-order valence-corrected chi connectivity index (χ1v) is 7.07. The lowest BCUT2D eigenvalue weighted by Gasteiger charge is -2.11. The van der Waals surface area contributed by atoms with E-state index in [4.69, 9.17) is 9.84 Å². The lowest BCUT2D eigenvalue weighted by Crippen LogP contribution is -2.39. The lowest BCUT2D eigenvalue weighted by atomic mass is 10.3. The van der Waals surface area contributed by atoms with E-state index < -0.39 is 12.0 Å². The maximum absolute atomic E-state index is 11.9. The molecular weight excluding hydrogens is 278 g/mol. The molecule has 2 N–H and O–H groups in total. The number of carbonyl (C=O) groups is 2. The van der Waals surface area contributed by atoms with Crippen LogP contribution in [0, 0.1) is 11.8 Å². The Morgan fingerprint density at radius 2 is 2.25 bits per heavy atom. The first kappa shape index (κ1) is 16.2. The first-order chi connectivity index (χ1) is 9.58. The van der Waals surface area contributed by atoms with Gasteiger partial charge in [-0.2, -0.15) is 0 Å². The summed E-state index contributed by atoms with van der Waals surface area (Å²) in [5.74, 6) is 4.85. The van der Waals surface area contributed by atoms with Gasteiger partial charge in [0, 0.05) is 6.42 Å². The molecule has 1 amide bonds. The van der Waals surface area contributed by atoms with Crippen LogP contribution >= 0.6 is 11.3 Å². The third kappa shape index (κ3) is 5.03. The van der Waals surface area contributed by atoms with Gasteiger partial charge in [0.05, 0.1) is 23.0 Å². The molecule has 1 atom stereocenters. The minimum Gasteiger partial charge on any atom is -0.464 e. The van der Waals surface area contributed by atoms with Crippen LogP contribution in [0.1, 0.15) is 34.8 Å². The second-order valence-electron chi connectivity index (χ2n) is 3.89. The molecule has 6 heteroatoms. The van der Waals surface area contributed by atoms with Crippen molar-refractivity contribution in [2.75, 3.05) is 13.2 Å². The highest BCUT2D eigenvalue weighted by molar-refractivity contribution is 7.14. The van der Waals surface area contributed by atoms with Gasteiger partial charge in [-0.05, 0) is 26.0 Å². The van der Waals surface area contributed by atoms with Crippen molar-refractivity contribution in [2.24, 2.45) is 0 Å². The topological polar surface area (TPSA) is 75.6 Å². The largest absolute Gasteiger partial charge is 0.464 e. The molecule has 0 bridgehead atoms. The summed E-state index contributed by atoms with van der Waals surface area (Å²) in [5, 5.41) is 11.2. The highest BCUT2D eigenvalue weighted by Crippen LogP contribution is 2.15. The third-order valence-electron chi connectivity index (χ3n) is 2.27. The Kier molecular flexibility index (Phi) is 6.77. The number of rotatable bonds is 5. The molecule has 0 aliphatic carbocycles. The Morgan fingerprint density at radius 3 is 2.90 bits per heavy atom. The summed E-state index contributed by atoms with van der Waals surface area (Å²) >= 11 is 1.24. The van der Waals surface area contributed by atoms with Crippen LogP contribution in [0.3, 0.4) is 0 Å². The molecular formula is C14H17NO4S. The summed E-state index contributed by atoms with van der Waals surface area (Å²) < 4.78 is 4.81. The van der Waals surface area contributed by atoms with E-state index in [9.17, 15) is 9.59 Å². The zero-order valence-corrected chi connectivity index (χ0v) is 12.3. The monoisotopic (exact) mass is 295 g/mol. The zero-order chi connectivity index (χ0) is 15.0. The van der Waals surface area contributed by atoms with E-state index in [0.29, 0.717) is 11.3 Å². The molecule has 1 aromatic rings. The van der Waals surface area contributed by atoms with Gasteiger partial charge in [0.2, 0.25) is 0 Å². The number of ether oxygens (including phenoxy) is 1. The molecule has 0 spiro atoms. The van der Waals surface area contributed by atoms with E-state index >= 15 is 0 Å². The summed E-state index contributed by atoms with van der Waals surface area (Å²) in [4.78, 5) is 24.5. The zero-order valence-electron chi connectivity index (χ0n) is 11.4. The molecule has 0 radical (unpaired) electrons. The minimum absolute atomic E-state index is 0.0166. The quantitative estimate of drug-likeness (QED) is 0.631. The number of hydrogen-bond donors (Lipinski definition) is 2. The molecule has 1 rings (SSSR count). The standard InChI is InChI=1S/C14H17NO4S/c1-3-19-14(18)10(2)15-13(17)12-8-7-11(20-12)6-4-5-9-16/h7-8,10,16H,3,5,9H2,1-2H3,(H,15,17). The van der Waals surface area contributed by atoms with Crippen LogP contribution in [-0.2, 0) is 9.53 Å². The summed E-state index contributed by atoms with van der Waals surface area (Å²) in [5.41, 5.74) is 0. The van der Waals surface area contributed by atoms with Crippen LogP contribution < -0.4 is 5.32 Å². The van der Waals surface area contributed by atoms with Gasteiger partial charge in [-0.1, -0.05) is 11.8 Å². The fourth-order valence-corrected chi connectivity index (χ4v) is 2.11. The van der Waals surface area contributed by atoms with Crippen molar-refractivity contribution >= 4 is 23.2 Å². The van der Waals surface area contributed by atoms with Gasteiger partial charge in [-0.25, -0.2) is 4.79 Å². The number of aliphatic hydroxyl groups is 1. The molecule has 1 aromatic heterocycles. The fourth-order valence-electron chi connectivity index (χ4n) is 1.33. The molecule has 1 heterocycles. The normalized spacial score (nSPS) is 11.2. The number of carbonyl (C=O) groups excluding carboxylic acids is 2. The maximum atomic E-state index is 11.9. The Balaban J connectivity index is 2.60. The van der Waals surface area contributed by atoms with Crippen molar-refractivity contribution in [1.29, 1.82) is 0 Å². The van der Waals surface area contributed by atoms with Crippen molar-refractivity contribution in [3.8, 4) is 11.8 Å². The van der Waals surface area contributed by atoms with Gasteiger partial charge in [0.1, 0.15) is 6.04 Å². The van der Waals surface area contributed by atoms with Gasteiger partial charge in [-0.15, -0.1) is 11.3 Å². The van der Waals surface area contributed by atoms with E-state index in [2.05, 4.69) is 17.2 Å². The number of nitrogens with one attached hydrogen (secondary N) is 1. The summed E-state index contributed by atoms with van der Waals surface area (Å²) in [6.07, 6.45) is 0.402. The van der Waals surface area contributed by atoms with Crippen molar-refractivity contribution in [3.63, 3.8) is 0 Å². The molecule has 5 nitrogen and oxygen atoms in total. The Morgan fingerprint density at radius 1 is 1.50 bits per heavy atom. The maximum Gasteiger partial charge on any atom is 0.328 e. The minimum atomic E-state index is -0.687. The predicted octanol–water partition coefficient (Wildman–Crippen LogP) is 1.16. The SMILES string of the molecule is CCOC(=O)C(C)NC(=O)c1ccc(C#CCCO)s1. The molecule has 0 saturated carbocycles. The molecule has 1 unspecified atom stereocenters. The number of esters is 1. The van der Waals surface area contributed by atoms with E-state index in [0.717, 1.165) is 4.88 Å². The van der Waals surface area contributed by atoms with Gasteiger partial charge >= 0.3 is 5.97 Å². The molecule has 0 fully saturated rings. The number of hydrogen-bond acceptors (Lipinski definition) is 5. The predicted molar refractivity (Wildman–Crippen MR) is 76.5 cm³/mol. The van der Waals surface area contributed by atoms with Gasteiger partial charge < -0.3 is 15.2 Å². The molecule has 0 aromatic carbocycles. The van der Waals surface area contributed by atoms with Crippen LogP contribution in [0.15, 0.2) is 12.1 Å². The van der Waals surface area contributed by atoms with Crippen molar-refractivity contribution in [2.45, 2.75) is 26.3 Å². The average Bonchev–Trinajstić information content (AvgIpc) is 2.88. The van der Waals surface area contributed by atoms with Crippen LogP contribution in [0.2, 0.25) is 0 Å². The number of thiophene rings is 1. The number of amides is 1. The highest BCUT2D eigenvalue weighted by Gasteiger charge is 2.18. The molecule has 0 aliphatic heterocycles. The fraction of sp³-hybridized carbons (Fsp3) is 0.429. The molecule has 20 heavy (non-hydrogen) atoms. The van der Waals surface area contributed by atoms with Crippen LogP contribution in [0.25, 0.3) is 0 Å². The molecule has 0 aliphatic rings. The lowest BCUT2D eigenvalue weighted by molar-refractivity contribution is -0.144. The van der Waals surface area contributed by atoms with E-state index in [1.807, 2.05) is 0 Å². The molecule has 0 saturated heterocycles. The van der Waals surface area contributed by atoms with Crippen LogP contribution in [-0.4, -0.2) is 36.2 Å². The average molecular weight is 295 g/mol. The second-order valence-corrected chi connectivity index (χ2v) is 4.97. The Labute approximate surface area is 122 Å². The Bertz CT molecular complexity index is 527. The molecule has 108 valence electrons.